The van der Waals surface area contributed by atoms with E-state index in [1.165, 1.54) is 0 Å². The molecule has 46 valence electrons. The summed E-state index contributed by atoms with van der Waals surface area (Å²) in [5.74, 6) is 0. The number of carbonyl (C=O) groups excluding carboxylic acids is 1. The van der Waals surface area contributed by atoms with Gasteiger partial charge in [-0.2, -0.15) is 0 Å². The molecule has 0 spiro atoms. The smallest absolute Gasteiger partial charge is 0.426 e. The molecule has 0 amide bonds. The largest absolute Gasteiger partial charge is 0.510 e. The van der Waals surface area contributed by atoms with E-state index in [1.807, 2.05) is 0 Å². The van der Waals surface area contributed by atoms with Gasteiger partial charge in [-0.25, -0.2) is 4.79 Å². The zero-order valence-electron chi connectivity index (χ0n) is 4.46. The zero-order chi connectivity index (χ0) is 6.15. The first kappa shape index (κ1) is 5.37. The van der Waals surface area contributed by atoms with Crippen LogP contribution in [0.25, 0.3) is 0 Å². The summed E-state index contributed by atoms with van der Waals surface area (Å²) < 4.78 is 8.88. The molecule has 0 aliphatic carbocycles. The molecule has 2 N–H and O–H groups in total. The van der Waals surface area contributed by atoms with Gasteiger partial charge in [0.05, 0.1) is 0 Å². The van der Waals surface area contributed by atoms with Gasteiger partial charge in [-0.05, 0) is 6.92 Å². The van der Waals surface area contributed by atoms with Crippen molar-refractivity contribution in [1.82, 2.24) is 0 Å². The van der Waals surface area contributed by atoms with Crippen LogP contribution in [0.4, 0.5) is 4.79 Å². The lowest BCUT2D eigenvalue weighted by Gasteiger charge is -2.00. The molecule has 1 fully saturated rings. The molecule has 0 radical (unpaired) electrons. The average Bonchev–Trinajstić information content (AvgIpc) is 1.85. The first-order valence-corrected chi connectivity index (χ1v) is 2.33. The predicted octanol–water partition coefficient (Wildman–Crippen LogP) is -0.173. The maximum absolute atomic E-state index is 10.1. The molecule has 1 aliphatic heterocycles. The molecule has 1 heterocycles. The van der Waals surface area contributed by atoms with Crippen LogP contribution in [-0.4, -0.2) is 18.5 Å². The monoisotopic (exact) mass is 117 g/mol. The van der Waals surface area contributed by atoms with Gasteiger partial charge in [-0.1, -0.05) is 0 Å². The maximum atomic E-state index is 10.1. The molecular weight excluding hydrogens is 110 g/mol. The zero-order valence-corrected chi connectivity index (χ0v) is 4.46. The fourth-order valence-corrected chi connectivity index (χ4v) is 0.454. The normalized spacial score (nSPS) is 36.5. The van der Waals surface area contributed by atoms with E-state index in [-0.39, 0.29) is 6.10 Å². The average molecular weight is 117 g/mol. The standard InChI is InChI=1S/C4H7NO3/c1-2-3(5)8-4(6)7-2/h2-3H,5H2,1H3. The highest BCUT2D eigenvalue weighted by molar-refractivity contribution is 5.62. The lowest BCUT2D eigenvalue weighted by Crippen LogP contribution is -2.28. The number of rotatable bonds is 0. The van der Waals surface area contributed by atoms with Crippen molar-refractivity contribution in [3.8, 4) is 0 Å². The van der Waals surface area contributed by atoms with Gasteiger partial charge in [0.2, 0.25) is 0 Å². The van der Waals surface area contributed by atoms with Crippen LogP contribution in [0.3, 0.4) is 0 Å². The summed E-state index contributed by atoms with van der Waals surface area (Å²) in [7, 11) is 0. The molecule has 0 aromatic heterocycles. The molecule has 2 atom stereocenters. The van der Waals surface area contributed by atoms with Crippen molar-refractivity contribution < 1.29 is 14.3 Å². The Balaban J connectivity index is 2.51. The highest BCUT2D eigenvalue weighted by Crippen LogP contribution is 2.08. The summed E-state index contributed by atoms with van der Waals surface area (Å²) in [6.45, 7) is 1.68. The molecule has 8 heavy (non-hydrogen) atoms. The van der Waals surface area contributed by atoms with Crippen LogP contribution in [0.5, 0.6) is 0 Å². The number of cyclic esters (lactones) is 2. The van der Waals surface area contributed by atoms with Crippen LogP contribution in [0.2, 0.25) is 0 Å². The van der Waals surface area contributed by atoms with Crippen LogP contribution in [0, 0.1) is 0 Å². The van der Waals surface area contributed by atoms with E-state index in [9.17, 15) is 4.79 Å². The minimum Gasteiger partial charge on any atom is -0.426 e. The Morgan fingerprint density at radius 1 is 1.62 bits per heavy atom. The quantitative estimate of drug-likeness (QED) is 0.447. The van der Waals surface area contributed by atoms with Crippen LogP contribution in [0.15, 0.2) is 0 Å². The van der Waals surface area contributed by atoms with E-state index >= 15 is 0 Å². The summed E-state index contributed by atoms with van der Waals surface area (Å²) in [5.41, 5.74) is 5.20. The first-order valence-electron chi connectivity index (χ1n) is 2.33. The van der Waals surface area contributed by atoms with Gasteiger partial charge in [-0.3, -0.25) is 5.73 Å². The second-order valence-corrected chi connectivity index (χ2v) is 1.66. The topological polar surface area (TPSA) is 61.5 Å². The molecule has 2 unspecified atom stereocenters. The van der Waals surface area contributed by atoms with E-state index in [0.717, 1.165) is 0 Å². The number of nitrogens with two attached hydrogens (primary N) is 1. The molecule has 0 aromatic carbocycles. The minimum absolute atomic E-state index is 0.303. The van der Waals surface area contributed by atoms with Crippen LogP contribution in [0.1, 0.15) is 6.92 Å². The van der Waals surface area contributed by atoms with Gasteiger partial charge in [0.25, 0.3) is 0 Å². The molecule has 0 aromatic rings. The van der Waals surface area contributed by atoms with Crippen molar-refractivity contribution >= 4 is 6.16 Å². The maximum Gasteiger partial charge on any atom is 0.510 e. The van der Waals surface area contributed by atoms with Gasteiger partial charge in [0, 0.05) is 0 Å². The number of hydrogen-bond donors (Lipinski definition) is 1. The van der Waals surface area contributed by atoms with Crippen molar-refractivity contribution in [1.29, 1.82) is 0 Å². The van der Waals surface area contributed by atoms with E-state index in [0.29, 0.717) is 0 Å². The van der Waals surface area contributed by atoms with E-state index < -0.39 is 12.4 Å². The Bertz CT molecular complexity index is 102. The van der Waals surface area contributed by atoms with Crippen molar-refractivity contribution in [2.45, 2.75) is 19.3 Å². The third-order valence-electron chi connectivity index (χ3n) is 0.977. The molecule has 1 rings (SSSR count). The Labute approximate surface area is 46.6 Å². The highest BCUT2D eigenvalue weighted by Gasteiger charge is 2.29. The predicted molar refractivity (Wildman–Crippen MR) is 25.0 cm³/mol. The van der Waals surface area contributed by atoms with Crippen molar-refractivity contribution in [2.24, 2.45) is 5.73 Å². The Kier molecular flexibility index (Phi) is 1.09. The Morgan fingerprint density at radius 3 is 2.38 bits per heavy atom. The van der Waals surface area contributed by atoms with Crippen LogP contribution >= 0.6 is 0 Å². The fourth-order valence-electron chi connectivity index (χ4n) is 0.454. The van der Waals surface area contributed by atoms with Crippen molar-refractivity contribution in [3.63, 3.8) is 0 Å². The molecule has 0 saturated carbocycles. The Morgan fingerprint density at radius 2 is 2.25 bits per heavy atom. The van der Waals surface area contributed by atoms with Crippen LogP contribution in [-0.2, 0) is 9.47 Å². The van der Waals surface area contributed by atoms with Gasteiger partial charge < -0.3 is 9.47 Å². The van der Waals surface area contributed by atoms with E-state index in [1.54, 1.807) is 6.92 Å². The van der Waals surface area contributed by atoms with Gasteiger partial charge in [0.1, 0.15) is 0 Å². The molecule has 0 bridgehead atoms. The van der Waals surface area contributed by atoms with E-state index in [2.05, 4.69) is 9.47 Å². The number of carbonyl (C=O) groups is 1. The lowest BCUT2D eigenvalue weighted by atomic mass is 10.4. The highest BCUT2D eigenvalue weighted by atomic mass is 16.8. The molecule has 1 saturated heterocycles. The molecule has 1 aliphatic rings. The van der Waals surface area contributed by atoms with Crippen molar-refractivity contribution in [2.75, 3.05) is 0 Å². The third kappa shape index (κ3) is 0.742. The summed E-state index contributed by atoms with van der Waals surface area (Å²) in [5, 5.41) is 0. The summed E-state index contributed by atoms with van der Waals surface area (Å²) >= 11 is 0. The molecule has 4 nitrogen and oxygen atoms in total. The number of hydrogen-bond acceptors (Lipinski definition) is 4. The second-order valence-electron chi connectivity index (χ2n) is 1.66. The van der Waals surface area contributed by atoms with Crippen LogP contribution < -0.4 is 5.73 Å². The SMILES string of the molecule is CC1OC(=O)OC1N. The lowest BCUT2D eigenvalue weighted by molar-refractivity contribution is 0.117. The van der Waals surface area contributed by atoms with Gasteiger partial charge in [0.15, 0.2) is 12.3 Å². The van der Waals surface area contributed by atoms with Gasteiger partial charge in [-0.15, -0.1) is 0 Å². The fraction of sp³-hybridized carbons (Fsp3) is 0.750. The summed E-state index contributed by atoms with van der Waals surface area (Å²) in [4.78, 5) is 10.1. The van der Waals surface area contributed by atoms with E-state index in [4.69, 9.17) is 5.73 Å². The van der Waals surface area contributed by atoms with Crippen molar-refractivity contribution in [3.05, 3.63) is 0 Å². The number of ether oxygens (including phenoxy) is 2. The molecule has 4 heteroatoms. The third-order valence-corrected chi connectivity index (χ3v) is 0.977. The Hall–Kier alpha value is -0.770. The second kappa shape index (κ2) is 1.63. The summed E-state index contributed by atoms with van der Waals surface area (Å²) in [6.07, 6.45) is -1.56. The summed E-state index contributed by atoms with van der Waals surface area (Å²) in [6, 6.07) is 0. The minimum atomic E-state index is -0.676. The van der Waals surface area contributed by atoms with Gasteiger partial charge >= 0.3 is 6.16 Å². The first-order chi connectivity index (χ1) is 3.70. The molecular formula is C4H7NO3.